The first-order chi connectivity index (χ1) is 11.0. The number of ether oxygens (including phenoxy) is 2. The SMILES string of the molecule is CCOc1ccccc1NC(=O)COC(=O)c1cc(C)sc1C. The van der Waals surface area contributed by atoms with Crippen molar-refractivity contribution in [1.82, 2.24) is 0 Å². The Hall–Kier alpha value is -2.34. The summed E-state index contributed by atoms with van der Waals surface area (Å²) in [6, 6.07) is 8.88. The van der Waals surface area contributed by atoms with Crippen LogP contribution in [0.15, 0.2) is 30.3 Å². The van der Waals surface area contributed by atoms with E-state index in [4.69, 9.17) is 9.47 Å². The highest BCUT2D eigenvalue weighted by Gasteiger charge is 2.15. The van der Waals surface area contributed by atoms with Crippen LogP contribution < -0.4 is 10.1 Å². The van der Waals surface area contributed by atoms with E-state index in [1.165, 1.54) is 11.3 Å². The number of esters is 1. The zero-order valence-corrected chi connectivity index (χ0v) is 14.2. The Morgan fingerprint density at radius 2 is 1.96 bits per heavy atom. The average Bonchev–Trinajstić information content (AvgIpc) is 2.86. The first-order valence-electron chi connectivity index (χ1n) is 7.27. The lowest BCUT2D eigenvalue weighted by Gasteiger charge is -2.11. The molecular formula is C17H19NO4S. The summed E-state index contributed by atoms with van der Waals surface area (Å²) in [6.45, 7) is 5.80. The van der Waals surface area contributed by atoms with Crippen molar-refractivity contribution in [2.75, 3.05) is 18.5 Å². The molecule has 0 spiro atoms. The van der Waals surface area contributed by atoms with Crippen LogP contribution >= 0.6 is 11.3 Å². The van der Waals surface area contributed by atoms with Gasteiger partial charge in [-0.2, -0.15) is 0 Å². The molecule has 2 rings (SSSR count). The van der Waals surface area contributed by atoms with Gasteiger partial charge < -0.3 is 14.8 Å². The van der Waals surface area contributed by atoms with E-state index >= 15 is 0 Å². The van der Waals surface area contributed by atoms with Gasteiger partial charge in [-0.05, 0) is 39.0 Å². The lowest BCUT2D eigenvalue weighted by molar-refractivity contribution is -0.119. The van der Waals surface area contributed by atoms with E-state index in [1.807, 2.05) is 26.8 Å². The van der Waals surface area contributed by atoms with Crippen LogP contribution in [-0.4, -0.2) is 25.1 Å². The Kier molecular flexibility index (Phi) is 5.76. The smallest absolute Gasteiger partial charge is 0.339 e. The van der Waals surface area contributed by atoms with Gasteiger partial charge in [0.05, 0.1) is 17.9 Å². The van der Waals surface area contributed by atoms with Gasteiger partial charge in [0.2, 0.25) is 0 Å². The van der Waals surface area contributed by atoms with E-state index in [-0.39, 0.29) is 6.61 Å². The molecule has 1 aromatic heterocycles. The Morgan fingerprint density at radius 3 is 2.61 bits per heavy atom. The molecule has 0 fully saturated rings. The minimum absolute atomic E-state index is 0.340. The number of hydrogen-bond donors (Lipinski definition) is 1. The molecule has 1 N–H and O–H groups in total. The molecule has 1 aromatic carbocycles. The van der Waals surface area contributed by atoms with Crippen LogP contribution in [0.4, 0.5) is 5.69 Å². The molecule has 0 bridgehead atoms. The second kappa shape index (κ2) is 7.78. The van der Waals surface area contributed by atoms with Crippen molar-refractivity contribution < 1.29 is 19.1 Å². The van der Waals surface area contributed by atoms with Crippen LogP contribution in [0.1, 0.15) is 27.0 Å². The average molecular weight is 333 g/mol. The standard InChI is InChI=1S/C17H19NO4S/c1-4-21-15-8-6-5-7-14(15)18-16(19)10-22-17(20)13-9-11(2)23-12(13)3/h5-9H,4,10H2,1-3H3,(H,18,19). The van der Waals surface area contributed by atoms with Crippen LogP contribution in [0, 0.1) is 13.8 Å². The van der Waals surface area contributed by atoms with E-state index in [0.717, 1.165) is 9.75 Å². The summed E-state index contributed by atoms with van der Waals surface area (Å²) in [5, 5.41) is 2.68. The summed E-state index contributed by atoms with van der Waals surface area (Å²) in [5.74, 6) is -0.311. The second-order valence-corrected chi connectivity index (χ2v) is 6.34. The van der Waals surface area contributed by atoms with Crippen LogP contribution in [0.2, 0.25) is 0 Å². The van der Waals surface area contributed by atoms with Gasteiger partial charge in [0, 0.05) is 9.75 Å². The predicted octanol–water partition coefficient (Wildman–Crippen LogP) is 3.56. The molecule has 0 saturated carbocycles. The number of benzene rings is 1. The number of para-hydroxylation sites is 2. The van der Waals surface area contributed by atoms with Crippen LogP contribution in [0.3, 0.4) is 0 Å². The largest absolute Gasteiger partial charge is 0.492 e. The molecule has 0 saturated heterocycles. The molecule has 0 atom stereocenters. The quantitative estimate of drug-likeness (QED) is 0.821. The second-order valence-electron chi connectivity index (χ2n) is 4.88. The third-order valence-electron chi connectivity index (χ3n) is 3.06. The van der Waals surface area contributed by atoms with Crippen molar-refractivity contribution in [2.24, 2.45) is 0 Å². The third-order valence-corrected chi connectivity index (χ3v) is 4.02. The van der Waals surface area contributed by atoms with Gasteiger partial charge in [0.25, 0.3) is 5.91 Å². The van der Waals surface area contributed by atoms with Gasteiger partial charge in [-0.3, -0.25) is 4.79 Å². The Labute approximate surface area is 139 Å². The molecule has 6 heteroatoms. The highest BCUT2D eigenvalue weighted by atomic mass is 32.1. The van der Waals surface area contributed by atoms with Crippen molar-refractivity contribution in [1.29, 1.82) is 0 Å². The minimum Gasteiger partial charge on any atom is -0.492 e. The van der Waals surface area contributed by atoms with Crippen molar-refractivity contribution in [2.45, 2.75) is 20.8 Å². The monoisotopic (exact) mass is 333 g/mol. The number of rotatable bonds is 6. The maximum atomic E-state index is 12.0. The fourth-order valence-electron chi connectivity index (χ4n) is 2.08. The molecule has 5 nitrogen and oxygen atoms in total. The molecule has 0 aliphatic carbocycles. The third kappa shape index (κ3) is 4.56. The Balaban J connectivity index is 1.93. The van der Waals surface area contributed by atoms with E-state index in [2.05, 4.69) is 5.32 Å². The van der Waals surface area contributed by atoms with E-state index in [0.29, 0.717) is 23.6 Å². The van der Waals surface area contributed by atoms with E-state index in [9.17, 15) is 9.59 Å². The number of anilines is 1. The zero-order chi connectivity index (χ0) is 16.8. The van der Waals surface area contributed by atoms with Crippen molar-refractivity contribution in [3.8, 4) is 5.75 Å². The van der Waals surface area contributed by atoms with Gasteiger partial charge in [0.1, 0.15) is 5.75 Å². The highest BCUT2D eigenvalue weighted by Crippen LogP contribution is 2.24. The summed E-state index contributed by atoms with van der Waals surface area (Å²) in [7, 11) is 0. The number of nitrogens with one attached hydrogen (secondary N) is 1. The summed E-state index contributed by atoms with van der Waals surface area (Å²) >= 11 is 1.52. The number of carbonyl (C=O) groups excluding carboxylic acids is 2. The van der Waals surface area contributed by atoms with Crippen LogP contribution in [0.5, 0.6) is 5.75 Å². The van der Waals surface area contributed by atoms with E-state index < -0.39 is 11.9 Å². The van der Waals surface area contributed by atoms with Gasteiger partial charge in [-0.25, -0.2) is 4.79 Å². The fraction of sp³-hybridized carbons (Fsp3) is 0.294. The normalized spacial score (nSPS) is 10.2. The molecule has 122 valence electrons. The summed E-state index contributed by atoms with van der Waals surface area (Å²) in [5.41, 5.74) is 1.06. The van der Waals surface area contributed by atoms with Crippen molar-refractivity contribution in [3.05, 3.63) is 45.6 Å². The first kappa shape index (κ1) is 17.0. The highest BCUT2D eigenvalue weighted by molar-refractivity contribution is 7.12. The van der Waals surface area contributed by atoms with Gasteiger partial charge in [-0.15, -0.1) is 11.3 Å². The molecule has 0 unspecified atom stereocenters. The van der Waals surface area contributed by atoms with Gasteiger partial charge >= 0.3 is 5.97 Å². The first-order valence-corrected chi connectivity index (χ1v) is 8.08. The molecule has 1 heterocycles. The number of carbonyl (C=O) groups is 2. The summed E-state index contributed by atoms with van der Waals surface area (Å²) in [6.07, 6.45) is 0. The maximum Gasteiger partial charge on any atom is 0.339 e. The summed E-state index contributed by atoms with van der Waals surface area (Å²) in [4.78, 5) is 25.9. The Morgan fingerprint density at radius 1 is 1.22 bits per heavy atom. The molecule has 23 heavy (non-hydrogen) atoms. The molecular weight excluding hydrogens is 314 g/mol. The number of aryl methyl sites for hydroxylation is 2. The van der Waals surface area contributed by atoms with Gasteiger partial charge in [-0.1, -0.05) is 12.1 Å². The molecule has 1 amide bonds. The molecule has 0 aliphatic rings. The Bertz CT molecular complexity index is 708. The van der Waals surface area contributed by atoms with Crippen molar-refractivity contribution in [3.63, 3.8) is 0 Å². The van der Waals surface area contributed by atoms with Crippen LogP contribution in [-0.2, 0) is 9.53 Å². The summed E-state index contributed by atoms with van der Waals surface area (Å²) < 4.78 is 10.5. The molecule has 2 aromatic rings. The molecule has 0 aliphatic heterocycles. The number of hydrogen-bond acceptors (Lipinski definition) is 5. The predicted molar refractivity (Wildman–Crippen MR) is 90.3 cm³/mol. The lowest BCUT2D eigenvalue weighted by atomic mass is 10.2. The van der Waals surface area contributed by atoms with Gasteiger partial charge in [0.15, 0.2) is 6.61 Å². The number of amides is 1. The topological polar surface area (TPSA) is 64.6 Å². The van der Waals surface area contributed by atoms with E-state index in [1.54, 1.807) is 24.3 Å². The fourth-order valence-corrected chi connectivity index (χ4v) is 2.99. The number of thiophene rings is 1. The van der Waals surface area contributed by atoms with Crippen LogP contribution in [0.25, 0.3) is 0 Å². The molecule has 0 radical (unpaired) electrons. The maximum absolute atomic E-state index is 12.0. The minimum atomic E-state index is -0.486. The lowest BCUT2D eigenvalue weighted by Crippen LogP contribution is -2.21. The zero-order valence-electron chi connectivity index (χ0n) is 13.3. The van der Waals surface area contributed by atoms with Crippen molar-refractivity contribution >= 4 is 28.9 Å².